The van der Waals surface area contributed by atoms with Crippen molar-refractivity contribution in [2.75, 3.05) is 19.6 Å². The molecule has 0 saturated carbocycles. The third-order valence-electron chi connectivity index (χ3n) is 3.33. The number of hydrogen-bond acceptors (Lipinski definition) is 2. The Morgan fingerprint density at radius 1 is 0.667 bits per heavy atom. The first-order valence-corrected chi connectivity index (χ1v) is 8.21. The van der Waals surface area contributed by atoms with Crippen LogP contribution >= 0.6 is 0 Å². The Hall–Kier alpha value is -0.0800. The lowest BCUT2D eigenvalue weighted by atomic mass is 10.1. The Balaban J connectivity index is 2.90. The van der Waals surface area contributed by atoms with Gasteiger partial charge in [0.1, 0.15) is 0 Å². The molecule has 0 amide bonds. The van der Waals surface area contributed by atoms with E-state index in [1.54, 1.807) is 0 Å². The van der Waals surface area contributed by atoms with Crippen molar-refractivity contribution >= 4 is 0 Å². The van der Waals surface area contributed by atoms with Crippen LogP contribution in [0.1, 0.15) is 78.6 Å². The van der Waals surface area contributed by atoms with Gasteiger partial charge in [-0.1, -0.05) is 65.7 Å². The van der Waals surface area contributed by atoms with Crippen molar-refractivity contribution in [3.05, 3.63) is 0 Å². The van der Waals surface area contributed by atoms with Gasteiger partial charge in [0.2, 0.25) is 0 Å². The summed E-state index contributed by atoms with van der Waals surface area (Å²) < 4.78 is 0. The average molecular weight is 256 g/mol. The lowest BCUT2D eigenvalue weighted by Crippen LogP contribution is -2.23. The fraction of sp³-hybridized carbons (Fsp3) is 1.00. The van der Waals surface area contributed by atoms with Crippen LogP contribution in [0.3, 0.4) is 0 Å². The van der Waals surface area contributed by atoms with Gasteiger partial charge in [-0.15, -0.1) is 0 Å². The van der Waals surface area contributed by atoms with E-state index in [-0.39, 0.29) is 0 Å². The van der Waals surface area contributed by atoms with E-state index in [4.69, 9.17) is 0 Å². The molecular weight excluding hydrogens is 220 g/mol. The van der Waals surface area contributed by atoms with Crippen molar-refractivity contribution in [2.45, 2.75) is 84.6 Å². The standard InChI is InChI=1S/C16H36N2/c1-4-17-14-12-10-8-6-5-7-9-11-13-15-18-16(2)3/h16-18H,4-15H2,1-3H3. The first kappa shape index (κ1) is 17.9. The first-order valence-electron chi connectivity index (χ1n) is 8.21. The van der Waals surface area contributed by atoms with Crippen LogP contribution in [0.2, 0.25) is 0 Å². The number of rotatable bonds is 14. The average Bonchev–Trinajstić information content (AvgIpc) is 2.34. The van der Waals surface area contributed by atoms with Gasteiger partial charge < -0.3 is 10.6 Å². The van der Waals surface area contributed by atoms with Gasteiger partial charge in [0, 0.05) is 6.04 Å². The SMILES string of the molecule is CCNCCCCCCCCCCCNC(C)C. The highest BCUT2D eigenvalue weighted by Gasteiger charge is 1.94. The Bertz CT molecular complexity index is 146. The Morgan fingerprint density at radius 3 is 1.56 bits per heavy atom. The highest BCUT2D eigenvalue weighted by Crippen LogP contribution is 2.09. The summed E-state index contributed by atoms with van der Waals surface area (Å²) in [6.45, 7) is 10.1. The summed E-state index contributed by atoms with van der Waals surface area (Å²) in [5, 5.41) is 6.86. The predicted octanol–water partition coefficient (Wildman–Crippen LogP) is 4.10. The second kappa shape index (κ2) is 15.0. The highest BCUT2D eigenvalue weighted by atomic mass is 14.9. The van der Waals surface area contributed by atoms with Crippen LogP contribution in [0.5, 0.6) is 0 Å². The summed E-state index contributed by atoms with van der Waals surface area (Å²) in [6.07, 6.45) is 12.7. The van der Waals surface area contributed by atoms with Crippen LogP contribution in [-0.2, 0) is 0 Å². The molecule has 0 spiro atoms. The maximum atomic E-state index is 3.48. The van der Waals surface area contributed by atoms with Crippen LogP contribution in [-0.4, -0.2) is 25.7 Å². The van der Waals surface area contributed by atoms with Gasteiger partial charge in [-0.3, -0.25) is 0 Å². The summed E-state index contributed by atoms with van der Waals surface area (Å²) in [5.41, 5.74) is 0. The van der Waals surface area contributed by atoms with E-state index >= 15 is 0 Å². The maximum absolute atomic E-state index is 3.48. The van der Waals surface area contributed by atoms with Gasteiger partial charge in [0.05, 0.1) is 0 Å². The first-order chi connectivity index (χ1) is 8.77. The van der Waals surface area contributed by atoms with Crippen molar-refractivity contribution in [2.24, 2.45) is 0 Å². The molecule has 0 aromatic carbocycles. The molecule has 0 rings (SSSR count). The molecule has 2 heteroatoms. The molecule has 0 heterocycles. The minimum atomic E-state index is 0.646. The van der Waals surface area contributed by atoms with Gasteiger partial charge in [0.15, 0.2) is 0 Å². The van der Waals surface area contributed by atoms with Crippen LogP contribution in [0.15, 0.2) is 0 Å². The summed E-state index contributed by atoms with van der Waals surface area (Å²) >= 11 is 0. The second-order valence-electron chi connectivity index (χ2n) is 5.64. The van der Waals surface area contributed by atoms with Crippen LogP contribution < -0.4 is 10.6 Å². The monoisotopic (exact) mass is 256 g/mol. The molecule has 0 aromatic heterocycles. The largest absolute Gasteiger partial charge is 0.317 e. The molecule has 18 heavy (non-hydrogen) atoms. The van der Waals surface area contributed by atoms with Crippen LogP contribution in [0.4, 0.5) is 0 Å². The number of nitrogens with one attached hydrogen (secondary N) is 2. The van der Waals surface area contributed by atoms with Crippen molar-refractivity contribution in [1.29, 1.82) is 0 Å². The molecule has 0 aliphatic heterocycles. The molecule has 0 bridgehead atoms. The van der Waals surface area contributed by atoms with Gasteiger partial charge in [-0.25, -0.2) is 0 Å². The summed E-state index contributed by atoms with van der Waals surface area (Å²) in [6, 6.07) is 0.646. The summed E-state index contributed by atoms with van der Waals surface area (Å²) in [7, 11) is 0. The quantitative estimate of drug-likeness (QED) is 0.457. The fourth-order valence-electron chi connectivity index (χ4n) is 2.18. The van der Waals surface area contributed by atoms with Gasteiger partial charge in [-0.05, 0) is 32.5 Å². The van der Waals surface area contributed by atoms with E-state index in [1.807, 2.05) is 0 Å². The lowest BCUT2D eigenvalue weighted by Gasteiger charge is -2.07. The predicted molar refractivity (Wildman–Crippen MR) is 83.2 cm³/mol. The third-order valence-corrected chi connectivity index (χ3v) is 3.33. The Kier molecular flexibility index (Phi) is 14.9. The topological polar surface area (TPSA) is 24.1 Å². The minimum absolute atomic E-state index is 0.646. The number of hydrogen-bond donors (Lipinski definition) is 2. The van der Waals surface area contributed by atoms with E-state index in [0.29, 0.717) is 6.04 Å². The Labute approximate surface area is 115 Å². The molecule has 2 nitrogen and oxygen atoms in total. The minimum Gasteiger partial charge on any atom is -0.317 e. The Morgan fingerprint density at radius 2 is 1.11 bits per heavy atom. The molecule has 2 N–H and O–H groups in total. The van der Waals surface area contributed by atoms with Crippen molar-refractivity contribution < 1.29 is 0 Å². The molecular formula is C16H36N2. The van der Waals surface area contributed by atoms with Crippen molar-refractivity contribution in [3.63, 3.8) is 0 Å². The molecule has 0 aromatic rings. The van der Waals surface area contributed by atoms with E-state index < -0.39 is 0 Å². The van der Waals surface area contributed by atoms with Gasteiger partial charge in [-0.2, -0.15) is 0 Å². The maximum Gasteiger partial charge on any atom is 0.00103 e. The van der Waals surface area contributed by atoms with Crippen LogP contribution in [0, 0.1) is 0 Å². The van der Waals surface area contributed by atoms with E-state index in [9.17, 15) is 0 Å². The van der Waals surface area contributed by atoms with Gasteiger partial charge >= 0.3 is 0 Å². The van der Waals surface area contributed by atoms with Crippen molar-refractivity contribution in [1.82, 2.24) is 10.6 Å². The van der Waals surface area contributed by atoms with Crippen LogP contribution in [0.25, 0.3) is 0 Å². The van der Waals surface area contributed by atoms with E-state index in [1.165, 1.54) is 70.9 Å². The summed E-state index contributed by atoms with van der Waals surface area (Å²) in [5.74, 6) is 0. The number of unbranched alkanes of at least 4 members (excludes halogenated alkanes) is 8. The molecule has 0 aliphatic carbocycles. The molecule has 0 unspecified atom stereocenters. The molecule has 0 aliphatic rings. The fourth-order valence-corrected chi connectivity index (χ4v) is 2.18. The zero-order valence-electron chi connectivity index (χ0n) is 13.1. The lowest BCUT2D eigenvalue weighted by molar-refractivity contribution is 0.522. The molecule has 0 fully saturated rings. The van der Waals surface area contributed by atoms with Crippen molar-refractivity contribution in [3.8, 4) is 0 Å². The molecule has 0 saturated heterocycles. The third kappa shape index (κ3) is 15.9. The van der Waals surface area contributed by atoms with E-state index in [2.05, 4.69) is 31.4 Å². The second-order valence-corrected chi connectivity index (χ2v) is 5.64. The highest BCUT2D eigenvalue weighted by molar-refractivity contribution is 4.54. The smallest absolute Gasteiger partial charge is 0.00103 e. The zero-order chi connectivity index (χ0) is 13.5. The molecule has 0 atom stereocenters. The normalized spacial score (nSPS) is 11.3. The molecule has 0 radical (unpaired) electrons. The summed E-state index contributed by atoms with van der Waals surface area (Å²) in [4.78, 5) is 0. The zero-order valence-corrected chi connectivity index (χ0v) is 13.1. The van der Waals surface area contributed by atoms with E-state index in [0.717, 1.165) is 6.54 Å². The van der Waals surface area contributed by atoms with Gasteiger partial charge in [0.25, 0.3) is 0 Å². The molecule has 110 valence electrons.